The molecular weight excluding hydrogens is 462 g/mol. The third-order valence-corrected chi connectivity index (χ3v) is 4.56. The summed E-state index contributed by atoms with van der Waals surface area (Å²) in [5.74, 6) is -6.02. The molecule has 15 nitrogen and oxygen atoms in total. The molecule has 0 bridgehead atoms. The zero-order valence-corrected chi connectivity index (χ0v) is 18.8. The molecule has 0 aromatic heterocycles. The van der Waals surface area contributed by atoms with Gasteiger partial charge in [-0.15, -0.1) is 0 Å². The second-order valence-corrected chi connectivity index (χ2v) is 7.39. The first-order chi connectivity index (χ1) is 15.3. The molecule has 0 saturated carbocycles. The van der Waals surface area contributed by atoms with Crippen LogP contribution in [-0.4, -0.2) is 93.5 Å². The van der Waals surface area contributed by atoms with E-state index in [1.165, 1.54) is 6.92 Å². The number of nitrogens with one attached hydrogen (secondary N) is 3. The van der Waals surface area contributed by atoms with Gasteiger partial charge in [0.05, 0.1) is 18.6 Å². The highest BCUT2D eigenvalue weighted by molar-refractivity contribution is 7.80. The molecule has 5 atom stereocenters. The number of carbonyl (C=O) groups is 5. The molecule has 0 heterocycles. The Morgan fingerprint density at radius 1 is 0.970 bits per heavy atom. The number of carboxylic acid groups (broad SMARTS) is 2. The van der Waals surface area contributed by atoms with E-state index >= 15 is 0 Å². The number of aliphatic hydroxyl groups is 1. The standard InChI is InChI=1S/C17H31N7O8S/c1-7(25)12(24-13(28)8(18)6-33)15(30)22-9(3-2-4-21-17(19)20)14(29)23-10(16(31)32)5-11(26)27/h7-10,12,25,33H,2-6,18H2,1H3,(H,22,30)(H,23,29)(H,24,28)(H,26,27)(H,31,32)(H4,19,20,21). The fourth-order valence-electron chi connectivity index (χ4n) is 2.43. The van der Waals surface area contributed by atoms with Crippen LogP contribution >= 0.6 is 12.6 Å². The predicted molar refractivity (Wildman–Crippen MR) is 119 cm³/mol. The van der Waals surface area contributed by atoms with Gasteiger partial charge in [0.1, 0.15) is 18.1 Å². The van der Waals surface area contributed by atoms with E-state index in [-0.39, 0.29) is 31.1 Å². The summed E-state index contributed by atoms with van der Waals surface area (Å²) in [4.78, 5) is 63.1. The van der Waals surface area contributed by atoms with E-state index in [2.05, 4.69) is 28.3 Å². The van der Waals surface area contributed by atoms with Crippen molar-refractivity contribution in [3.63, 3.8) is 0 Å². The van der Waals surface area contributed by atoms with Gasteiger partial charge in [-0.25, -0.2) is 4.79 Å². The van der Waals surface area contributed by atoms with Crippen molar-refractivity contribution in [2.24, 2.45) is 22.2 Å². The molecule has 0 aliphatic carbocycles. The Kier molecular flexibility index (Phi) is 13.5. The van der Waals surface area contributed by atoms with Crippen molar-refractivity contribution < 1.29 is 39.3 Å². The predicted octanol–water partition coefficient (Wildman–Crippen LogP) is -4.31. The van der Waals surface area contributed by atoms with Gasteiger partial charge >= 0.3 is 11.9 Å². The van der Waals surface area contributed by atoms with Crippen molar-refractivity contribution in [1.82, 2.24) is 16.0 Å². The number of aliphatic hydroxyl groups excluding tert-OH is 1. The topological polar surface area (TPSA) is 273 Å². The van der Waals surface area contributed by atoms with Gasteiger partial charge < -0.3 is 48.5 Å². The average Bonchev–Trinajstić information content (AvgIpc) is 2.71. The number of rotatable bonds is 15. The van der Waals surface area contributed by atoms with Crippen LogP contribution in [0.25, 0.3) is 0 Å². The molecule has 3 amide bonds. The molecule has 188 valence electrons. The Bertz CT molecular complexity index is 745. The van der Waals surface area contributed by atoms with Crippen molar-refractivity contribution >= 4 is 48.2 Å². The Morgan fingerprint density at radius 2 is 1.55 bits per heavy atom. The summed E-state index contributed by atoms with van der Waals surface area (Å²) in [6.07, 6.45) is -2.19. The summed E-state index contributed by atoms with van der Waals surface area (Å²) < 4.78 is 0. The molecule has 0 rings (SSSR count). The van der Waals surface area contributed by atoms with E-state index < -0.39 is 66.4 Å². The molecule has 33 heavy (non-hydrogen) atoms. The van der Waals surface area contributed by atoms with E-state index in [4.69, 9.17) is 27.4 Å². The lowest BCUT2D eigenvalue weighted by molar-refractivity contribution is -0.147. The number of aliphatic carboxylic acids is 2. The number of nitrogens with zero attached hydrogens (tertiary/aromatic N) is 1. The first-order valence-corrected chi connectivity index (χ1v) is 10.4. The zero-order valence-electron chi connectivity index (χ0n) is 17.9. The van der Waals surface area contributed by atoms with Crippen LogP contribution in [0.1, 0.15) is 26.2 Å². The maximum Gasteiger partial charge on any atom is 0.326 e. The van der Waals surface area contributed by atoms with E-state index in [1.807, 2.05) is 5.32 Å². The molecule has 16 heteroatoms. The molecule has 0 aliphatic heterocycles. The maximum atomic E-state index is 12.7. The summed E-state index contributed by atoms with van der Waals surface area (Å²) in [5.41, 5.74) is 16.0. The van der Waals surface area contributed by atoms with Crippen LogP contribution in [0.3, 0.4) is 0 Å². The highest BCUT2D eigenvalue weighted by Crippen LogP contribution is 2.04. The van der Waals surface area contributed by atoms with E-state index in [9.17, 15) is 29.1 Å². The number of hydrogen-bond donors (Lipinski definition) is 10. The number of carboxylic acids is 2. The molecule has 0 aromatic carbocycles. The molecule has 0 spiro atoms. The largest absolute Gasteiger partial charge is 0.481 e. The maximum absolute atomic E-state index is 12.7. The molecule has 0 aromatic rings. The minimum atomic E-state index is -1.76. The van der Waals surface area contributed by atoms with E-state index in [0.29, 0.717) is 0 Å². The molecule has 0 radical (unpaired) electrons. The van der Waals surface area contributed by atoms with Crippen molar-refractivity contribution in [2.45, 2.75) is 56.5 Å². The molecule has 12 N–H and O–H groups in total. The van der Waals surface area contributed by atoms with Crippen LogP contribution in [0, 0.1) is 0 Å². The third kappa shape index (κ3) is 11.9. The van der Waals surface area contributed by atoms with Crippen molar-refractivity contribution in [3.05, 3.63) is 0 Å². The van der Waals surface area contributed by atoms with E-state index in [0.717, 1.165) is 0 Å². The minimum absolute atomic E-state index is 0.0318. The SMILES string of the molecule is CC(O)C(NC(=O)C(N)CS)C(=O)NC(CCCN=C(N)N)C(=O)NC(CC(=O)O)C(=O)O. The lowest BCUT2D eigenvalue weighted by Gasteiger charge is -2.26. The summed E-state index contributed by atoms with van der Waals surface area (Å²) >= 11 is 3.88. The number of nitrogens with two attached hydrogens (primary N) is 3. The lowest BCUT2D eigenvalue weighted by Crippen LogP contribution is -2.60. The smallest absolute Gasteiger partial charge is 0.326 e. The Hall–Kier alpha value is -3.11. The minimum Gasteiger partial charge on any atom is -0.481 e. The fourth-order valence-corrected chi connectivity index (χ4v) is 2.60. The second-order valence-electron chi connectivity index (χ2n) is 7.02. The van der Waals surface area contributed by atoms with Gasteiger partial charge in [-0.3, -0.25) is 24.2 Å². The highest BCUT2D eigenvalue weighted by Gasteiger charge is 2.32. The molecular formula is C17H31N7O8S. The second kappa shape index (κ2) is 14.9. The van der Waals surface area contributed by atoms with Crippen LogP contribution in [0.2, 0.25) is 0 Å². The number of guanidine groups is 1. The van der Waals surface area contributed by atoms with Crippen LogP contribution in [0.15, 0.2) is 4.99 Å². The number of hydrogen-bond acceptors (Lipinski definition) is 9. The molecule has 0 fully saturated rings. The van der Waals surface area contributed by atoms with Crippen LogP contribution in [-0.2, 0) is 24.0 Å². The first kappa shape index (κ1) is 29.9. The number of thiol groups is 1. The zero-order chi connectivity index (χ0) is 25.7. The monoisotopic (exact) mass is 493 g/mol. The van der Waals surface area contributed by atoms with Gasteiger partial charge in [-0.2, -0.15) is 12.6 Å². The highest BCUT2D eigenvalue weighted by atomic mass is 32.1. The average molecular weight is 494 g/mol. The Labute approximate surface area is 194 Å². The van der Waals surface area contributed by atoms with E-state index in [1.54, 1.807) is 0 Å². The van der Waals surface area contributed by atoms with Gasteiger partial charge in [0, 0.05) is 12.3 Å². The third-order valence-electron chi connectivity index (χ3n) is 4.17. The number of aliphatic imine (C=N–C) groups is 1. The molecule has 0 aliphatic rings. The molecule has 0 saturated heterocycles. The lowest BCUT2D eigenvalue weighted by atomic mass is 10.1. The van der Waals surface area contributed by atoms with Gasteiger partial charge in [0.2, 0.25) is 17.7 Å². The number of amides is 3. The van der Waals surface area contributed by atoms with Crippen LogP contribution < -0.4 is 33.2 Å². The van der Waals surface area contributed by atoms with Crippen LogP contribution in [0.5, 0.6) is 0 Å². The van der Waals surface area contributed by atoms with Gasteiger partial charge in [-0.1, -0.05) is 0 Å². The van der Waals surface area contributed by atoms with Crippen molar-refractivity contribution in [3.8, 4) is 0 Å². The summed E-state index contributed by atoms with van der Waals surface area (Å²) in [7, 11) is 0. The van der Waals surface area contributed by atoms with Crippen molar-refractivity contribution in [1.29, 1.82) is 0 Å². The molecule has 5 unspecified atom stereocenters. The summed E-state index contributed by atoms with van der Waals surface area (Å²) in [6, 6.07) is -5.68. The van der Waals surface area contributed by atoms with Gasteiger partial charge in [-0.05, 0) is 19.8 Å². The van der Waals surface area contributed by atoms with Gasteiger partial charge in [0.25, 0.3) is 0 Å². The van der Waals surface area contributed by atoms with Gasteiger partial charge in [0.15, 0.2) is 5.96 Å². The number of carbonyl (C=O) groups excluding carboxylic acids is 3. The normalized spacial score (nSPS) is 15.2. The Balaban J connectivity index is 5.55. The van der Waals surface area contributed by atoms with Crippen LogP contribution in [0.4, 0.5) is 0 Å². The first-order valence-electron chi connectivity index (χ1n) is 9.75. The van der Waals surface area contributed by atoms with Crippen molar-refractivity contribution in [2.75, 3.05) is 12.3 Å². The summed E-state index contributed by atoms with van der Waals surface area (Å²) in [6.45, 7) is 1.30. The summed E-state index contributed by atoms with van der Waals surface area (Å²) in [5, 5.41) is 34.5. The Morgan fingerprint density at radius 3 is 2.00 bits per heavy atom. The fraction of sp³-hybridized carbons (Fsp3) is 0.647. The quantitative estimate of drug-likeness (QED) is 0.0451.